The molecular weight excluding hydrogens is 348 g/mol. The number of likely N-dealkylation sites (tertiary alicyclic amines) is 1. The van der Waals surface area contributed by atoms with Gasteiger partial charge in [0.25, 0.3) is 0 Å². The molecule has 0 saturated carbocycles. The van der Waals surface area contributed by atoms with E-state index in [1.807, 2.05) is 18.3 Å². The second kappa shape index (κ2) is 8.53. The highest BCUT2D eigenvalue weighted by Crippen LogP contribution is 2.26. The number of ether oxygens (including phenoxy) is 1. The molecule has 0 aliphatic carbocycles. The van der Waals surface area contributed by atoms with Crippen molar-refractivity contribution < 1.29 is 9.53 Å². The van der Waals surface area contributed by atoms with Crippen LogP contribution in [0.25, 0.3) is 22.0 Å². The molecule has 28 heavy (non-hydrogen) atoms. The monoisotopic (exact) mass is 374 g/mol. The minimum absolute atomic E-state index is 0.254. The Kier molecular flexibility index (Phi) is 5.68. The van der Waals surface area contributed by atoms with Crippen molar-refractivity contribution in [2.45, 2.75) is 32.3 Å². The van der Waals surface area contributed by atoms with Crippen LogP contribution in [-0.4, -0.2) is 41.9 Å². The van der Waals surface area contributed by atoms with Crippen molar-refractivity contribution in [3.05, 3.63) is 60.3 Å². The molecule has 1 saturated heterocycles. The Bertz CT molecular complexity index is 944. The molecule has 0 radical (unpaired) electrons. The van der Waals surface area contributed by atoms with Crippen LogP contribution >= 0.6 is 0 Å². The fourth-order valence-electron chi connectivity index (χ4n) is 3.79. The Morgan fingerprint density at radius 3 is 2.61 bits per heavy atom. The second-order valence-electron chi connectivity index (χ2n) is 7.56. The topological polar surface area (TPSA) is 42.4 Å². The molecule has 3 aromatic rings. The highest BCUT2D eigenvalue weighted by atomic mass is 16.5. The first-order chi connectivity index (χ1) is 13.7. The van der Waals surface area contributed by atoms with Crippen molar-refractivity contribution in [3.8, 4) is 16.9 Å². The lowest BCUT2D eigenvalue weighted by Crippen LogP contribution is -2.38. The summed E-state index contributed by atoms with van der Waals surface area (Å²) in [6, 6.07) is 16.8. The number of hydrogen-bond donors (Lipinski definition) is 0. The van der Waals surface area contributed by atoms with E-state index < -0.39 is 0 Å². The summed E-state index contributed by atoms with van der Waals surface area (Å²) in [4.78, 5) is 17.4. The quantitative estimate of drug-likeness (QED) is 0.590. The average molecular weight is 374 g/mol. The second-order valence-corrected chi connectivity index (χ2v) is 7.56. The summed E-state index contributed by atoms with van der Waals surface area (Å²) >= 11 is 0. The molecule has 4 nitrogen and oxygen atoms in total. The Labute approximate surface area is 166 Å². The predicted octanol–water partition coefficient (Wildman–Crippen LogP) is 4.64. The molecule has 4 rings (SSSR count). The normalized spacial score (nSPS) is 15.6. The van der Waals surface area contributed by atoms with E-state index in [1.54, 1.807) is 0 Å². The largest absolute Gasteiger partial charge is 0.490 e. The zero-order valence-corrected chi connectivity index (χ0v) is 16.3. The number of aryl methyl sites for hydroxylation is 1. The van der Waals surface area contributed by atoms with Gasteiger partial charge in [0.1, 0.15) is 18.1 Å². The molecule has 0 N–H and O–H groups in total. The molecule has 1 aliphatic rings. The van der Waals surface area contributed by atoms with Crippen molar-refractivity contribution in [3.63, 3.8) is 0 Å². The highest BCUT2D eigenvalue weighted by molar-refractivity contribution is 5.84. The van der Waals surface area contributed by atoms with Crippen LogP contribution in [0.3, 0.4) is 0 Å². The van der Waals surface area contributed by atoms with E-state index in [0.717, 1.165) is 66.5 Å². The van der Waals surface area contributed by atoms with Crippen molar-refractivity contribution in [1.29, 1.82) is 0 Å². The molecule has 1 aliphatic heterocycles. The number of carbonyl (C=O) groups is 1. The zero-order chi connectivity index (χ0) is 19.3. The summed E-state index contributed by atoms with van der Waals surface area (Å²) < 4.78 is 6.17. The van der Waals surface area contributed by atoms with E-state index in [1.165, 1.54) is 5.56 Å². The van der Waals surface area contributed by atoms with Gasteiger partial charge in [-0.2, -0.15) is 0 Å². The Hall–Kier alpha value is -2.72. The van der Waals surface area contributed by atoms with E-state index in [9.17, 15) is 4.79 Å². The highest BCUT2D eigenvalue weighted by Gasteiger charge is 2.20. The molecule has 0 atom stereocenters. The van der Waals surface area contributed by atoms with Crippen molar-refractivity contribution >= 4 is 17.2 Å². The predicted molar refractivity (Wildman–Crippen MR) is 113 cm³/mol. The molecule has 2 aromatic carbocycles. The Morgan fingerprint density at radius 1 is 1.07 bits per heavy atom. The average Bonchev–Trinajstić information content (AvgIpc) is 2.73. The van der Waals surface area contributed by atoms with Gasteiger partial charge in [-0.1, -0.05) is 24.3 Å². The fraction of sp³-hybridized carbons (Fsp3) is 0.333. The number of fused-ring (bicyclic) bond motifs is 1. The van der Waals surface area contributed by atoms with Crippen molar-refractivity contribution in [2.24, 2.45) is 0 Å². The van der Waals surface area contributed by atoms with Gasteiger partial charge in [0, 0.05) is 43.2 Å². The van der Waals surface area contributed by atoms with Crippen LogP contribution < -0.4 is 4.74 Å². The lowest BCUT2D eigenvalue weighted by molar-refractivity contribution is -0.108. The molecule has 0 bridgehead atoms. The van der Waals surface area contributed by atoms with Gasteiger partial charge >= 0.3 is 0 Å². The molecule has 1 fully saturated rings. The van der Waals surface area contributed by atoms with Gasteiger partial charge in [0.2, 0.25) is 0 Å². The standard InChI is InChI=1S/C24H26N2O2/c1-18-3-4-20-16-21(17-25-24(20)15-18)19-5-7-22(8-6-19)28-23-9-12-26(13-10-23)11-2-14-27/h3-8,14-17,23H,2,9-13H2,1H3. The summed E-state index contributed by atoms with van der Waals surface area (Å²) in [6.07, 6.45) is 5.83. The molecule has 1 aromatic heterocycles. The molecule has 144 valence electrons. The summed E-state index contributed by atoms with van der Waals surface area (Å²) in [5.74, 6) is 0.916. The third kappa shape index (κ3) is 4.39. The number of pyridine rings is 1. The summed E-state index contributed by atoms with van der Waals surface area (Å²) in [5.41, 5.74) is 4.52. The summed E-state index contributed by atoms with van der Waals surface area (Å²) in [5, 5.41) is 1.16. The maximum absolute atomic E-state index is 10.5. The van der Waals surface area contributed by atoms with Gasteiger partial charge in [-0.15, -0.1) is 0 Å². The first-order valence-corrected chi connectivity index (χ1v) is 10.0. The maximum atomic E-state index is 10.5. The number of nitrogens with zero attached hydrogens (tertiary/aromatic N) is 2. The van der Waals surface area contributed by atoms with Gasteiger partial charge in [-0.3, -0.25) is 4.98 Å². The molecule has 2 heterocycles. The van der Waals surface area contributed by atoms with E-state index in [0.29, 0.717) is 6.42 Å². The van der Waals surface area contributed by atoms with Gasteiger partial charge in [-0.05, 0) is 55.2 Å². The number of benzene rings is 2. The van der Waals surface area contributed by atoms with Crippen LogP contribution in [-0.2, 0) is 4.79 Å². The van der Waals surface area contributed by atoms with Crippen molar-refractivity contribution in [1.82, 2.24) is 9.88 Å². The number of rotatable bonds is 6. The molecular formula is C24H26N2O2. The smallest absolute Gasteiger partial charge is 0.121 e. The first-order valence-electron chi connectivity index (χ1n) is 10.0. The van der Waals surface area contributed by atoms with Crippen LogP contribution in [0.1, 0.15) is 24.8 Å². The number of piperidine rings is 1. The van der Waals surface area contributed by atoms with Crippen LogP contribution in [0.15, 0.2) is 54.7 Å². The molecule has 4 heteroatoms. The van der Waals surface area contributed by atoms with E-state index in [2.05, 4.69) is 53.2 Å². The zero-order valence-electron chi connectivity index (χ0n) is 16.3. The van der Waals surface area contributed by atoms with Crippen LogP contribution in [0.4, 0.5) is 0 Å². The van der Waals surface area contributed by atoms with E-state index >= 15 is 0 Å². The minimum atomic E-state index is 0.254. The summed E-state index contributed by atoms with van der Waals surface area (Å²) in [7, 11) is 0. The first kappa shape index (κ1) is 18.6. The van der Waals surface area contributed by atoms with E-state index in [-0.39, 0.29) is 6.10 Å². The third-order valence-corrected chi connectivity index (χ3v) is 5.43. The third-order valence-electron chi connectivity index (χ3n) is 5.43. The fourth-order valence-corrected chi connectivity index (χ4v) is 3.79. The SMILES string of the molecule is Cc1ccc2cc(-c3ccc(OC4CCN(CCC=O)CC4)cc3)cnc2c1. The van der Waals surface area contributed by atoms with Gasteiger partial charge in [0.15, 0.2) is 0 Å². The van der Waals surface area contributed by atoms with Crippen LogP contribution in [0, 0.1) is 6.92 Å². The van der Waals surface area contributed by atoms with Gasteiger partial charge < -0.3 is 14.4 Å². The molecule has 0 spiro atoms. The Morgan fingerprint density at radius 2 is 1.86 bits per heavy atom. The summed E-state index contributed by atoms with van der Waals surface area (Å²) in [6.45, 7) is 4.95. The molecule has 0 unspecified atom stereocenters. The lowest BCUT2D eigenvalue weighted by atomic mass is 10.0. The van der Waals surface area contributed by atoms with Gasteiger partial charge in [0.05, 0.1) is 5.52 Å². The number of hydrogen-bond acceptors (Lipinski definition) is 4. The van der Waals surface area contributed by atoms with E-state index in [4.69, 9.17) is 4.74 Å². The molecule has 0 amide bonds. The van der Waals surface area contributed by atoms with Crippen molar-refractivity contribution in [2.75, 3.05) is 19.6 Å². The lowest BCUT2D eigenvalue weighted by Gasteiger charge is -2.31. The van der Waals surface area contributed by atoms with Crippen LogP contribution in [0.5, 0.6) is 5.75 Å². The Balaban J connectivity index is 1.39. The number of carbonyl (C=O) groups excluding carboxylic acids is 1. The number of aldehydes is 1. The van der Waals surface area contributed by atoms with Crippen LogP contribution in [0.2, 0.25) is 0 Å². The number of aromatic nitrogens is 1. The minimum Gasteiger partial charge on any atom is -0.490 e. The maximum Gasteiger partial charge on any atom is 0.121 e. The van der Waals surface area contributed by atoms with Gasteiger partial charge in [-0.25, -0.2) is 0 Å².